The molecule has 138 valence electrons. The van der Waals surface area contributed by atoms with Crippen molar-refractivity contribution in [3.63, 3.8) is 0 Å². The van der Waals surface area contributed by atoms with Gasteiger partial charge in [0.05, 0.1) is 19.3 Å². The Hall–Kier alpha value is -2.32. The third-order valence-corrected chi connectivity index (χ3v) is 4.25. The van der Waals surface area contributed by atoms with Gasteiger partial charge in [-0.25, -0.2) is 4.79 Å². The van der Waals surface area contributed by atoms with E-state index in [9.17, 15) is 27.2 Å². The van der Waals surface area contributed by atoms with Crippen LogP contribution in [0.2, 0.25) is 0 Å². The number of ether oxygens (including phenoxy) is 2. The Morgan fingerprint density at radius 1 is 1.36 bits per heavy atom. The van der Waals surface area contributed by atoms with Gasteiger partial charge < -0.3 is 13.9 Å². The van der Waals surface area contributed by atoms with Crippen molar-refractivity contribution in [2.45, 2.75) is 26.6 Å². The smallest absolute Gasteiger partial charge is 0.449 e. The van der Waals surface area contributed by atoms with Crippen LogP contribution in [0.25, 0.3) is 0 Å². The second-order valence-corrected chi connectivity index (χ2v) is 6.21. The number of halogens is 4. The summed E-state index contributed by atoms with van der Waals surface area (Å²) in [4.78, 5) is 23.2. The van der Waals surface area contributed by atoms with E-state index in [1.807, 2.05) is 0 Å². The number of methoxy groups -OCH3 is 1. The largest absolute Gasteiger partial charge is 0.464 e. The predicted octanol–water partition coefficient (Wildman–Crippen LogP) is 3.64. The van der Waals surface area contributed by atoms with Crippen molar-refractivity contribution in [1.82, 2.24) is 0 Å². The molecule has 1 aromatic heterocycles. The van der Waals surface area contributed by atoms with Crippen LogP contribution < -0.4 is 0 Å². The summed E-state index contributed by atoms with van der Waals surface area (Å²) in [7, 11) is 1.02. The number of carbonyl (C=O) groups is 2. The summed E-state index contributed by atoms with van der Waals surface area (Å²) in [5, 5.41) is 0. The minimum Gasteiger partial charge on any atom is -0.464 e. The summed E-state index contributed by atoms with van der Waals surface area (Å²) >= 11 is 0. The number of allylic oxidation sites excluding steroid dienone is 1. The molecule has 0 saturated heterocycles. The van der Waals surface area contributed by atoms with Crippen molar-refractivity contribution in [1.29, 1.82) is 0 Å². The van der Waals surface area contributed by atoms with E-state index in [2.05, 4.69) is 9.15 Å². The molecule has 1 aromatic rings. The lowest BCUT2D eigenvalue weighted by atomic mass is 10.1. The highest BCUT2D eigenvalue weighted by Crippen LogP contribution is 2.60. The Morgan fingerprint density at radius 2 is 2.00 bits per heavy atom. The second-order valence-electron chi connectivity index (χ2n) is 6.21. The van der Waals surface area contributed by atoms with E-state index in [1.54, 1.807) is 13.8 Å². The van der Waals surface area contributed by atoms with E-state index in [4.69, 9.17) is 4.74 Å². The number of hydrogen-bond acceptors (Lipinski definition) is 5. The molecule has 0 unspecified atom stereocenters. The van der Waals surface area contributed by atoms with E-state index in [-0.39, 0.29) is 5.56 Å². The minimum absolute atomic E-state index is 0.313. The number of rotatable bonds is 5. The molecule has 0 aromatic carbocycles. The number of esters is 2. The third kappa shape index (κ3) is 3.85. The molecule has 0 spiro atoms. The van der Waals surface area contributed by atoms with Crippen LogP contribution in [0.4, 0.5) is 17.6 Å². The molecule has 0 amide bonds. The summed E-state index contributed by atoms with van der Waals surface area (Å²) in [6.45, 7) is 2.69. The van der Waals surface area contributed by atoms with Gasteiger partial charge in [0.1, 0.15) is 6.61 Å². The van der Waals surface area contributed by atoms with Crippen molar-refractivity contribution in [2.24, 2.45) is 17.3 Å². The first kappa shape index (κ1) is 19.0. The highest BCUT2D eigenvalue weighted by molar-refractivity contribution is 5.86. The van der Waals surface area contributed by atoms with Gasteiger partial charge in [0, 0.05) is 5.56 Å². The lowest BCUT2D eigenvalue weighted by molar-refractivity contribution is -0.157. The lowest BCUT2D eigenvalue weighted by Crippen LogP contribution is -2.13. The van der Waals surface area contributed by atoms with E-state index in [1.165, 1.54) is 0 Å². The van der Waals surface area contributed by atoms with Crippen LogP contribution in [0, 0.1) is 17.3 Å². The zero-order chi connectivity index (χ0) is 19.0. The van der Waals surface area contributed by atoms with E-state index < -0.39 is 53.6 Å². The lowest BCUT2D eigenvalue weighted by Gasteiger charge is -2.08. The van der Waals surface area contributed by atoms with Gasteiger partial charge in [-0.15, -0.1) is 0 Å². The second kappa shape index (κ2) is 6.53. The molecule has 2 rings (SSSR count). The van der Waals surface area contributed by atoms with Crippen molar-refractivity contribution in [2.75, 3.05) is 7.11 Å². The zero-order valence-corrected chi connectivity index (χ0v) is 13.6. The van der Waals surface area contributed by atoms with E-state index in [0.29, 0.717) is 0 Å². The van der Waals surface area contributed by atoms with Crippen LogP contribution in [-0.4, -0.2) is 19.0 Å². The molecule has 0 radical (unpaired) electrons. The van der Waals surface area contributed by atoms with Crippen molar-refractivity contribution in [3.8, 4) is 0 Å². The molecule has 1 aliphatic rings. The molecule has 2 atom stereocenters. The van der Waals surface area contributed by atoms with Crippen molar-refractivity contribution < 1.29 is 41.0 Å². The van der Waals surface area contributed by atoms with Gasteiger partial charge in [-0.05, 0) is 23.5 Å². The number of furan rings is 1. The molecular weight excluding hydrogens is 348 g/mol. The molecule has 25 heavy (non-hydrogen) atoms. The molecule has 0 bridgehead atoms. The predicted molar refractivity (Wildman–Crippen MR) is 75.5 cm³/mol. The molecule has 1 aliphatic carbocycles. The molecule has 1 fully saturated rings. The molecule has 5 nitrogen and oxygen atoms in total. The normalized spacial score (nSPS) is 22.4. The van der Waals surface area contributed by atoms with Crippen molar-refractivity contribution >= 4 is 11.9 Å². The highest BCUT2D eigenvalue weighted by Gasteiger charge is 2.62. The van der Waals surface area contributed by atoms with Gasteiger partial charge in [-0.3, -0.25) is 4.79 Å². The fourth-order valence-electron chi connectivity index (χ4n) is 2.70. The minimum atomic E-state index is -4.70. The van der Waals surface area contributed by atoms with Crippen molar-refractivity contribution in [3.05, 3.63) is 35.6 Å². The number of alkyl halides is 3. The average Bonchev–Trinajstić information content (AvgIpc) is 2.89. The van der Waals surface area contributed by atoms with Crippen LogP contribution in [-0.2, 0) is 31.8 Å². The third-order valence-electron chi connectivity index (χ3n) is 4.25. The van der Waals surface area contributed by atoms with Gasteiger partial charge in [-0.2, -0.15) is 17.6 Å². The van der Waals surface area contributed by atoms with Gasteiger partial charge in [-0.1, -0.05) is 13.8 Å². The number of hydrogen-bond donors (Lipinski definition) is 0. The maximum Gasteiger partial charge on any atom is 0.449 e. The first-order valence-electron chi connectivity index (χ1n) is 7.26. The first-order chi connectivity index (χ1) is 11.5. The first-order valence-corrected chi connectivity index (χ1v) is 7.26. The van der Waals surface area contributed by atoms with E-state index >= 15 is 0 Å². The Labute approximate surface area is 140 Å². The number of carbonyl (C=O) groups excluding carboxylic acids is 2. The molecule has 1 saturated carbocycles. The van der Waals surface area contributed by atoms with Gasteiger partial charge >= 0.3 is 18.1 Å². The Balaban J connectivity index is 2.03. The zero-order valence-electron chi connectivity index (χ0n) is 13.6. The molecule has 0 aliphatic heterocycles. The average molecular weight is 364 g/mol. The van der Waals surface area contributed by atoms with Crippen LogP contribution in [0.15, 0.2) is 28.6 Å². The van der Waals surface area contributed by atoms with Gasteiger partial charge in [0.2, 0.25) is 11.6 Å². The fourth-order valence-corrected chi connectivity index (χ4v) is 2.70. The molecule has 9 heteroatoms. The van der Waals surface area contributed by atoms with E-state index in [0.717, 1.165) is 25.5 Å². The standard InChI is InChI=1S/C16H16F4O5/c1-15(2)9(6-10(17)13(21)23-3)11(15)14(22)25-7-8-4-5-24-12(8)16(18,19)20/h4-6,9,11H,7H2,1-3H3/b10-6-/t9-,11-/m0/s1. The Bertz CT molecular complexity index is 702. The summed E-state index contributed by atoms with van der Waals surface area (Å²) in [6.07, 6.45) is -2.87. The highest BCUT2D eigenvalue weighted by atomic mass is 19.4. The fraction of sp³-hybridized carbons (Fsp3) is 0.500. The quantitative estimate of drug-likeness (QED) is 0.453. The Morgan fingerprint density at radius 3 is 2.56 bits per heavy atom. The summed E-state index contributed by atoms with van der Waals surface area (Å²) in [5.74, 6) is -5.70. The van der Waals surface area contributed by atoms with Gasteiger partial charge in [0.15, 0.2) is 0 Å². The van der Waals surface area contributed by atoms with Crippen LogP contribution in [0.5, 0.6) is 0 Å². The SMILES string of the molecule is COC(=O)/C(F)=C/[C@H]1[C@@H](C(=O)OCc2ccoc2C(F)(F)F)C1(C)C. The molecule has 1 heterocycles. The van der Waals surface area contributed by atoms with Crippen LogP contribution >= 0.6 is 0 Å². The van der Waals surface area contributed by atoms with Gasteiger partial charge in [0.25, 0.3) is 0 Å². The Kier molecular flexibility index (Phi) is 4.97. The van der Waals surface area contributed by atoms with Crippen LogP contribution in [0.3, 0.4) is 0 Å². The summed E-state index contributed by atoms with van der Waals surface area (Å²) < 4.78 is 65.1. The maximum atomic E-state index is 13.6. The topological polar surface area (TPSA) is 65.7 Å². The maximum absolute atomic E-state index is 13.6. The molecular formula is C16H16F4O5. The molecule has 0 N–H and O–H groups in total. The van der Waals surface area contributed by atoms with Crippen LogP contribution in [0.1, 0.15) is 25.2 Å². The summed E-state index contributed by atoms with van der Waals surface area (Å²) in [6, 6.07) is 1.06. The summed E-state index contributed by atoms with van der Waals surface area (Å²) in [5.41, 5.74) is -1.00. The monoisotopic (exact) mass is 364 g/mol.